The van der Waals surface area contributed by atoms with Crippen LogP contribution in [0.3, 0.4) is 0 Å². The highest BCUT2D eigenvalue weighted by Gasteiger charge is 2.42. The largest absolute Gasteiger partial charge is 0.477 e. The zero-order chi connectivity index (χ0) is 14.2. The molecule has 0 saturated carbocycles. The van der Waals surface area contributed by atoms with Crippen molar-refractivity contribution in [3.05, 3.63) is 29.6 Å². The Balaban J connectivity index is 2.22. The number of likely N-dealkylation sites (tertiary alicyclic amines) is 1. The number of carbonyl (C=O) groups excluding carboxylic acids is 2. The van der Waals surface area contributed by atoms with Gasteiger partial charge in [-0.1, -0.05) is 19.9 Å². The van der Waals surface area contributed by atoms with E-state index in [1.54, 1.807) is 26.0 Å². The first-order valence-corrected chi connectivity index (χ1v) is 5.96. The summed E-state index contributed by atoms with van der Waals surface area (Å²) in [7, 11) is 0. The Morgan fingerprint density at radius 2 is 1.84 bits per heavy atom. The molecule has 1 N–H and O–H groups in total. The number of rotatable bonds is 3. The first-order valence-electron chi connectivity index (χ1n) is 5.96. The summed E-state index contributed by atoms with van der Waals surface area (Å²) >= 11 is 0. The molecule has 2 amide bonds. The molecule has 2 atom stereocenters. The number of amides is 2. The van der Waals surface area contributed by atoms with Crippen molar-refractivity contribution < 1.29 is 19.5 Å². The molecule has 100 valence electrons. The molecule has 0 aliphatic carbocycles. The van der Waals surface area contributed by atoms with Gasteiger partial charge in [-0.2, -0.15) is 0 Å². The number of aromatic carboxylic acids is 1. The van der Waals surface area contributed by atoms with E-state index in [4.69, 9.17) is 5.11 Å². The highest BCUT2D eigenvalue weighted by molar-refractivity contribution is 6.04. The Labute approximate surface area is 110 Å². The van der Waals surface area contributed by atoms with Crippen molar-refractivity contribution in [2.45, 2.75) is 20.4 Å². The van der Waals surface area contributed by atoms with Gasteiger partial charge in [-0.3, -0.25) is 14.5 Å². The number of carboxylic acid groups (broad SMARTS) is 1. The standard InChI is InChI=1S/C13H14N2O4/c1-7-8(2)12(17)15(11(7)16)6-9-4-3-5-10(14-9)13(18)19/h3-5,7-8H,6H2,1-2H3,(H,18,19). The van der Waals surface area contributed by atoms with Crippen molar-refractivity contribution in [3.8, 4) is 0 Å². The number of hydrogen-bond donors (Lipinski definition) is 1. The molecule has 1 aliphatic rings. The monoisotopic (exact) mass is 262 g/mol. The minimum absolute atomic E-state index is 0.0213. The number of nitrogens with zero attached hydrogens (tertiary/aromatic N) is 2. The average Bonchev–Trinajstić information content (AvgIpc) is 2.57. The molecule has 1 saturated heterocycles. The number of aromatic nitrogens is 1. The van der Waals surface area contributed by atoms with Gasteiger partial charge in [0.1, 0.15) is 5.69 Å². The molecule has 1 aromatic rings. The van der Waals surface area contributed by atoms with Gasteiger partial charge >= 0.3 is 5.97 Å². The lowest BCUT2D eigenvalue weighted by molar-refractivity contribution is -0.140. The van der Waals surface area contributed by atoms with Gasteiger partial charge in [-0.25, -0.2) is 9.78 Å². The fourth-order valence-corrected chi connectivity index (χ4v) is 2.03. The van der Waals surface area contributed by atoms with Crippen LogP contribution in [0.5, 0.6) is 0 Å². The van der Waals surface area contributed by atoms with Gasteiger partial charge in [-0.05, 0) is 12.1 Å². The van der Waals surface area contributed by atoms with Crippen LogP contribution in [0.15, 0.2) is 18.2 Å². The maximum atomic E-state index is 11.9. The first kappa shape index (κ1) is 13.2. The van der Waals surface area contributed by atoms with Crippen molar-refractivity contribution in [3.63, 3.8) is 0 Å². The summed E-state index contributed by atoms with van der Waals surface area (Å²) in [5, 5.41) is 8.85. The number of carbonyl (C=O) groups is 3. The zero-order valence-electron chi connectivity index (χ0n) is 10.7. The Morgan fingerprint density at radius 1 is 1.26 bits per heavy atom. The fraction of sp³-hybridized carbons (Fsp3) is 0.385. The van der Waals surface area contributed by atoms with Crippen LogP contribution in [0.4, 0.5) is 0 Å². The predicted molar refractivity (Wildman–Crippen MR) is 65.1 cm³/mol. The summed E-state index contributed by atoms with van der Waals surface area (Å²) in [5.74, 6) is -2.28. The molecule has 2 rings (SSSR count). The van der Waals surface area contributed by atoms with Crippen molar-refractivity contribution in [1.82, 2.24) is 9.88 Å². The van der Waals surface area contributed by atoms with E-state index in [-0.39, 0.29) is 35.9 Å². The molecule has 0 bridgehead atoms. The maximum absolute atomic E-state index is 11.9. The van der Waals surface area contributed by atoms with Crippen LogP contribution in [0.25, 0.3) is 0 Å². The van der Waals surface area contributed by atoms with E-state index in [0.29, 0.717) is 5.69 Å². The third kappa shape index (κ3) is 2.33. The lowest BCUT2D eigenvalue weighted by atomic mass is 10.00. The summed E-state index contributed by atoms with van der Waals surface area (Å²) in [6.45, 7) is 3.45. The van der Waals surface area contributed by atoms with Crippen molar-refractivity contribution in [2.75, 3.05) is 0 Å². The maximum Gasteiger partial charge on any atom is 0.354 e. The van der Waals surface area contributed by atoms with Crippen molar-refractivity contribution in [1.29, 1.82) is 0 Å². The van der Waals surface area contributed by atoms with Crippen LogP contribution < -0.4 is 0 Å². The molecular weight excluding hydrogens is 248 g/mol. The van der Waals surface area contributed by atoms with Crippen LogP contribution in [-0.2, 0) is 16.1 Å². The molecule has 0 spiro atoms. The fourth-order valence-electron chi connectivity index (χ4n) is 2.03. The third-order valence-corrected chi connectivity index (χ3v) is 3.41. The van der Waals surface area contributed by atoms with E-state index >= 15 is 0 Å². The van der Waals surface area contributed by atoms with Crippen molar-refractivity contribution >= 4 is 17.8 Å². The van der Waals surface area contributed by atoms with Crippen molar-refractivity contribution in [2.24, 2.45) is 11.8 Å². The molecule has 1 fully saturated rings. The Kier molecular flexibility index (Phi) is 3.33. The molecule has 2 heterocycles. The summed E-state index contributed by atoms with van der Waals surface area (Å²) in [4.78, 5) is 39.7. The Hall–Kier alpha value is -2.24. The Bertz CT molecular complexity index is 535. The molecule has 0 aromatic carbocycles. The lowest BCUT2D eigenvalue weighted by Crippen LogP contribution is -2.30. The molecule has 0 radical (unpaired) electrons. The topological polar surface area (TPSA) is 87.6 Å². The van der Waals surface area contributed by atoms with Crippen LogP contribution in [0.1, 0.15) is 30.0 Å². The minimum atomic E-state index is -1.14. The van der Waals surface area contributed by atoms with Crippen LogP contribution >= 0.6 is 0 Å². The van der Waals surface area contributed by atoms with E-state index in [1.165, 1.54) is 6.07 Å². The smallest absolute Gasteiger partial charge is 0.354 e. The minimum Gasteiger partial charge on any atom is -0.477 e. The van der Waals surface area contributed by atoms with Crippen LogP contribution in [-0.4, -0.2) is 32.8 Å². The van der Waals surface area contributed by atoms with Gasteiger partial charge in [0.05, 0.1) is 12.2 Å². The van der Waals surface area contributed by atoms with E-state index in [9.17, 15) is 14.4 Å². The molecule has 19 heavy (non-hydrogen) atoms. The quantitative estimate of drug-likeness (QED) is 0.818. The number of imide groups is 1. The van der Waals surface area contributed by atoms with E-state index < -0.39 is 5.97 Å². The van der Waals surface area contributed by atoms with E-state index in [2.05, 4.69) is 4.98 Å². The summed E-state index contributed by atoms with van der Waals surface area (Å²) in [6, 6.07) is 4.51. The predicted octanol–water partition coefficient (Wildman–Crippen LogP) is 0.921. The number of pyridine rings is 1. The lowest BCUT2D eigenvalue weighted by Gasteiger charge is -2.14. The van der Waals surface area contributed by atoms with Gasteiger partial charge in [0, 0.05) is 11.8 Å². The van der Waals surface area contributed by atoms with Crippen LogP contribution in [0, 0.1) is 11.8 Å². The van der Waals surface area contributed by atoms with Gasteiger partial charge in [0.15, 0.2) is 0 Å². The molecule has 2 unspecified atom stereocenters. The molecule has 6 nitrogen and oxygen atoms in total. The number of carboxylic acids is 1. The highest BCUT2D eigenvalue weighted by Crippen LogP contribution is 2.26. The highest BCUT2D eigenvalue weighted by atomic mass is 16.4. The molecule has 6 heteroatoms. The molecular formula is C13H14N2O4. The summed E-state index contributed by atoms with van der Waals surface area (Å²) < 4.78 is 0. The SMILES string of the molecule is CC1C(=O)N(Cc2cccc(C(=O)O)n2)C(=O)C1C. The molecule has 1 aromatic heterocycles. The molecule has 1 aliphatic heterocycles. The summed E-state index contributed by atoms with van der Waals surface area (Å²) in [6.07, 6.45) is 0. The van der Waals surface area contributed by atoms with Gasteiger partial charge < -0.3 is 5.11 Å². The average molecular weight is 262 g/mol. The normalized spacial score (nSPS) is 22.9. The second kappa shape index (κ2) is 4.79. The van der Waals surface area contributed by atoms with Gasteiger partial charge in [0.25, 0.3) is 0 Å². The summed E-state index contributed by atoms with van der Waals surface area (Å²) in [5.41, 5.74) is 0.292. The Morgan fingerprint density at radius 3 is 2.37 bits per heavy atom. The second-order valence-corrected chi connectivity index (χ2v) is 4.66. The van der Waals surface area contributed by atoms with Crippen LogP contribution in [0.2, 0.25) is 0 Å². The van der Waals surface area contributed by atoms with E-state index in [0.717, 1.165) is 4.90 Å². The second-order valence-electron chi connectivity index (χ2n) is 4.66. The van der Waals surface area contributed by atoms with Gasteiger partial charge in [-0.15, -0.1) is 0 Å². The third-order valence-electron chi connectivity index (χ3n) is 3.41. The number of hydrogen-bond acceptors (Lipinski definition) is 4. The van der Waals surface area contributed by atoms with E-state index in [1.807, 2.05) is 0 Å². The van der Waals surface area contributed by atoms with Gasteiger partial charge in [0.2, 0.25) is 11.8 Å². The first-order chi connectivity index (χ1) is 8.91. The zero-order valence-corrected chi connectivity index (χ0v) is 10.7.